The molecule has 3 rings (SSSR count). The van der Waals surface area contributed by atoms with Crippen molar-refractivity contribution in [1.29, 1.82) is 0 Å². The summed E-state index contributed by atoms with van der Waals surface area (Å²) >= 11 is 0. The van der Waals surface area contributed by atoms with Crippen LogP contribution in [0.15, 0.2) is 72.3 Å². The van der Waals surface area contributed by atoms with Gasteiger partial charge in [-0.3, -0.25) is 0 Å². The zero-order valence-corrected chi connectivity index (χ0v) is 15.4. The first kappa shape index (κ1) is 21.6. The van der Waals surface area contributed by atoms with E-state index < -0.39 is 35.5 Å². The highest BCUT2D eigenvalue weighted by Gasteiger charge is 2.44. The van der Waals surface area contributed by atoms with Gasteiger partial charge in [-0.1, -0.05) is 12.1 Å². The third kappa shape index (κ3) is 4.72. The van der Waals surface area contributed by atoms with Gasteiger partial charge in [0.2, 0.25) is 0 Å². The van der Waals surface area contributed by atoms with Gasteiger partial charge in [0.15, 0.2) is 0 Å². The second-order valence-electron chi connectivity index (χ2n) is 6.71. The molecule has 1 aliphatic rings. The van der Waals surface area contributed by atoms with Crippen LogP contribution in [0.2, 0.25) is 0 Å². The Morgan fingerprint density at radius 1 is 0.967 bits per heavy atom. The van der Waals surface area contributed by atoms with E-state index >= 15 is 0 Å². The lowest BCUT2D eigenvalue weighted by Crippen LogP contribution is -2.39. The van der Waals surface area contributed by atoms with Crippen molar-refractivity contribution in [3.8, 4) is 5.75 Å². The van der Waals surface area contributed by atoms with Crippen LogP contribution in [-0.4, -0.2) is 12.5 Å². The van der Waals surface area contributed by atoms with E-state index in [2.05, 4.69) is 10.8 Å². The van der Waals surface area contributed by atoms with E-state index in [1.165, 1.54) is 12.1 Å². The molecule has 1 atom stereocenters. The third-order valence-electron chi connectivity index (χ3n) is 4.51. The SMILES string of the molecule is N[C@](CC1=CC=C[C+]=C1)(c1ccc(F)cc1)c1cc(F)cc(OC(F)(F)C(F)F)c1. The molecule has 2 N–H and O–H groups in total. The Labute approximate surface area is 169 Å². The van der Waals surface area contributed by atoms with Crippen LogP contribution in [0.3, 0.4) is 0 Å². The number of rotatable bonds is 7. The van der Waals surface area contributed by atoms with Gasteiger partial charge in [-0.25, -0.2) is 8.78 Å². The predicted octanol–water partition coefficient (Wildman–Crippen LogP) is 5.65. The Kier molecular flexibility index (Phi) is 6.01. The van der Waals surface area contributed by atoms with Crippen LogP contribution < -0.4 is 10.5 Å². The van der Waals surface area contributed by atoms with Crippen molar-refractivity contribution < 1.29 is 31.1 Å². The van der Waals surface area contributed by atoms with E-state index in [1.54, 1.807) is 24.3 Å². The number of nitrogens with two attached hydrogens (primary N) is 1. The Balaban J connectivity index is 2.09. The molecule has 0 bridgehead atoms. The summed E-state index contributed by atoms with van der Waals surface area (Å²) in [6.07, 6.45) is 0.712. The van der Waals surface area contributed by atoms with Gasteiger partial charge in [-0.05, 0) is 35.4 Å². The number of alkyl halides is 4. The van der Waals surface area contributed by atoms with E-state index in [0.29, 0.717) is 17.2 Å². The molecule has 0 aliphatic heterocycles. The Bertz CT molecular complexity index is 997. The number of halogens is 6. The van der Waals surface area contributed by atoms with Crippen molar-refractivity contribution in [3.05, 3.63) is 101 Å². The van der Waals surface area contributed by atoms with Crippen molar-refractivity contribution in [2.24, 2.45) is 5.73 Å². The first-order valence-corrected chi connectivity index (χ1v) is 8.76. The smallest absolute Gasteiger partial charge is 0.428 e. The first-order chi connectivity index (χ1) is 14.1. The maximum atomic E-state index is 14.2. The zero-order valence-electron chi connectivity index (χ0n) is 15.4. The fraction of sp³-hybridized carbons (Fsp3) is 0.182. The summed E-state index contributed by atoms with van der Waals surface area (Å²) in [4.78, 5) is 0. The van der Waals surface area contributed by atoms with E-state index in [1.807, 2.05) is 0 Å². The molecule has 0 unspecified atom stereocenters. The van der Waals surface area contributed by atoms with Crippen molar-refractivity contribution in [3.63, 3.8) is 0 Å². The lowest BCUT2D eigenvalue weighted by Gasteiger charge is -2.30. The highest BCUT2D eigenvalue weighted by molar-refractivity contribution is 5.45. The Morgan fingerprint density at radius 2 is 1.67 bits per heavy atom. The molecule has 0 aromatic heterocycles. The fourth-order valence-corrected chi connectivity index (χ4v) is 3.06. The van der Waals surface area contributed by atoms with Crippen molar-refractivity contribution >= 4 is 0 Å². The molecular weight excluding hydrogens is 408 g/mol. The molecule has 2 nitrogen and oxygen atoms in total. The van der Waals surface area contributed by atoms with Crippen molar-refractivity contribution in [1.82, 2.24) is 0 Å². The van der Waals surface area contributed by atoms with Crippen LogP contribution in [0, 0.1) is 17.7 Å². The average Bonchev–Trinajstić information content (AvgIpc) is 2.68. The standard InChI is InChI=1S/C22H16F6NO/c23-17-8-6-15(7-9-17)21(29,13-14-4-2-1-3-5-14)16-10-18(24)12-19(11-16)30-22(27,28)20(25)26/h1-2,4-12,20H,13,29H2/q+1/t21-/m1/s1. The van der Waals surface area contributed by atoms with Gasteiger partial charge in [-0.2, -0.15) is 17.6 Å². The summed E-state index contributed by atoms with van der Waals surface area (Å²) in [5.74, 6) is -2.36. The number of hydrogen-bond acceptors (Lipinski definition) is 2. The van der Waals surface area contributed by atoms with Gasteiger partial charge >= 0.3 is 12.5 Å². The molecule has 2 aromatic carbocycles. The molecule has 0 fully saturated rings. The van der Waals surface area contributed by atoms with Crippen LogP contribution in [-0.2, 0) is 5.54 Å². The van der Waals surface area contributed by atoms with E-state index in [9.17, 15) is 26.3 Å². The second kappa shape index (κ2) is 8.34. The summed E-state index contributed by atoms with van der Waals surface area (Å²) in [5, 5.41) is 0. The normalized spacial score (nSPS) is 15.5. The van der Waals surface area contributed by atoms with Crippen LogP contribution in [0.5, 0.6) is 5.75 Å². The summed E-state index contributed by atoms with van der Waals surface area (Å²) in [7, 11) is 0. The summed E-state index contributed by atoms with van der Waals surface area (Å²) < 4.78 is 83.3. The van der Waals surface area contributed by atoms with E-state index in [0.717, 1.165) is 24.3 Å². The van der Waals surface area contributed by atoms with Gasteiger partial charge in [-0.15, -0.1) is 0 Å². The number of hydrogen-bond donors (Lipinski definition) is 1. The van der Waals surface area contributed by atoms with Gasteiger partial charge in [0.05, 0.1) is 17.2 Å². The van der Waals surface area contributed by atoms with Gasteiger partial charge in [0, 0.05) is 24.6 Å². The number of allylic oxidation sites excluding steroid dienone is 5. The second-order valence-corrected chi connectivity index (χ2v) is 6.71. The zero-order chi connectivity index (χ0) is 21.9. The topological polar surface area (TPSA) is 35.2 Å². The minimum Gasteiger partial charge on any atom is -0.428 e. The molecule has 1 aliphatic carbocycles. The monoisotopic (exact) mass is 424 g/mol. The maximum Gasteiger partial charge on any atom is 0.461 e. The summed E-state index contributed by atoms with van der Waals surface area (Å²) in [6, 6.07) is 7.56. The predicted molar refractivity (Wildman–Crippen MR) is 99.0 cm³/mol. The number of benzene rings is 2. The van der Waals surface area contributed by atoms with Gasteiger partial charge in [0.1, 0.15) is 29.5 Å². The maximum absolute atomic E-state index is 14.2. The minimum absolute atomic E-state index is 0.0157. The van der Waals surface area contributed by atoms with Crippen molar-refractivity contribution in [2.45, 2.75) is 24.5 Å². The van der Waals surface area contributed by atoms with E-state index in [4.69, 9.17) is 5.73 Å². The third-order valence-corrected chi connectivity index (χ3v) is 4.51. The molecule has 0 radical (unpaired) electrons. The Morgan fingerprint density at radius 3 is 2.27 bits per heavy atom. The molecule has 30 heavy (non-hydrogen) atoms. The van der Waals surface area contributed by atoms with Gasteiger partial charge in [0.25, 0.3) is 0 Å². The molecule has 0 spiro atoms. The lowest BCUT2D eigenvalue weighted by molar-refractivity contribution is -0.253. The molecular formula is C22H16F6NO+. The first-order valence-electron chi connectivity index (χ1n) is 8.76. The number of ether oxygens (including phenoxy) is 1. The van der Waals surface area contributed by atoms with Crippen LogP contribution in [0.25, 0.3) is 0 Å². The highest BCUT2D eigenvalue weighted by Crippen LogP contribution is 2.37. The minimum atomic E-state index is -4.81. The fourth-order valence-electron chi connectivity index (χ4n) is 3.06. The molecule has 8 heteroatoms. The quantitative estimate of drug-likeness (QED) is 0.461. The van der Waals surface area contributed by atoms with Crippen LogP contribution in [0.1, 0.15) is 17.5 Å². The molecule has 2 aromatic rings. The average molecular weight is 424 g/mol. The van der Waals surface area contributed by atoms with Crippen molar-refractivity contribution in [2.75, 3.05) is 0 Å². The molecule has 0 heterocycles. The molecule has 0 saturated carbocycles. The summed E-state index contributed by atoms with van der Waals surface area (Å²) in [6.45, 7) is 0. The molecule has 0 saturated heterocycles. The largest absolute Gasteiger partial charge is 0.461 e. The van der Waals surface area contributed by atoms with Gasteiger partial charge < -0.3 is 10.5 Å². The highest BCUT2D eigenvalue weighted by atomic mass is 19.3. The van der Waals surface area contributed by atoms with Crippen LogP contribution in [0.4, 0.5) is 26.3 Å². The van der Waals surface area contributed by atoms with E-state index in [-0.39, 0.29) is 12.0 Å². The molecule has 0 amide bonds. The summed E-state index contributed by atoms with van der Waals surface area (Å²) in [5.41, 5.74) is 6.09. The lowest BCUT2D eigenvalue weighted by atomic mass is 9.78. The Hall–Kier alpha value is -3.09. The molecule has 156 valence electrons. The van der Waals surface area contributed by atoms with Crippen LogP contribution >= 0.6 is 0 Å².